The third-order valence-electron chi connectivity index (χ3n) is 3.89. The van der Waals surface area contributed by atoms with E-state index in [9.17, 15) is 13.2 Å². The zero-order valence-corrected chi connectivity index (χ0v) is 13.5. The van der Waals surface area contributed by atoms with Crippen molar-refractivity contribution < 1.29 is 17.9 Å². The maximum Gasteiger partial charge on any atom is 0.416 e. The van der Waals surface area contributed by atoms with Crippen molar-refractivity contribution in [3.63, 3.8) is 0 Å². The standard InChI is InChI=1S/C19H15F3N2O/c1-3-7-16-13(2)23-18-17(10-6-11-24(16)18)25-12-14-8-4-5-9-15(14)19(20,21)22/h1,4-6,8-11H,7,12H2,2H3. The monoisotopic (exact) mass is 344 g/mol. The fourth-order valence-electron chi connectivity index (χ4n) is 2.71. The number of imidazole rings is 1. The molecule has 2 heterocycles. The lowest BCUT2D eigenvalue weighted by Crippen LogP contribution is -2.11. The summed E-state index contributed by atoms with van der Waals surface area (Å²) < 4.78 is 46.7. The Morgan fingerprint density at radius 3 is 2.68 bits per heavy atom. The van der Waals surface area contributed by atoms with E-state index in [1.165, 1.54) is 12.1 Å². The smallest absolute Gasteiger partial charge is 0.416 e. The van der Waals surface area contributed by atoms with Crippen molar-refractivity contribution in [3.8, 4) is 18.1 Å². The third-order valence-corrected chi connectivity index (χ3v) is 3.89. The summed E-state index contributed by atoms with van der Waals surface area (Å²) in [7, 11) is 0. The van der Waals surface area contributed by atoms with Crippen LogP contribution in [0.25, 0.3) is 5.65 Å². The summed E-state index contributed by atoms with van der Waals surface area (Å²) in [5, 5.41) is 0. The van der Waals surface area contributed by atoms with Crippen LogP contribution in [-0.2, 0) is 19.2 Å². The van der Waals surface area contributed by atoms with E-state index in [1.54, 1.807) is 28.8 Å². The number of hydrogen-bond donors (Lipinski definition) is 0. The van der Waals surface area contributed by atoms with Gasteiger partial charge >= 0.3 is 6.18 Å². The maximum atomic E-state index is 13.1. The second kappa shape index (κ2) is 6.52. The molecule has 0 amide bonds. The highest BCUT2D eigenvalue weighted by Gasteiger charge is 2.33. The summed E-state index contributed by atoms with van der Waals surface area (Å²) in [5.41, 5.74) is 1.54. The molecular weight excluding hydrogens is 329 g/mol. The molecule has 0 fully saturated rings. The molecule has 0 spiro atoms. The van der Waals surface area contributed by atoms with Crippen molar-refractivity contribution in [3.05, 3.63) is 65.1 Å². The molecule has 0 aliphatic rings. The van der Waals surface area contributed by atoms with Crippen LogP contribution >= 0.6 is 0 Å². The van der Waals surface area contributed by atoms with Gasteiger partial charge in [0.2, 0.25) is 0 Å². The molecule has 3 aromatic rings. The zero-order valence-electron chi connectivity index (χ0n) is 13.5. The number of ether oxygens (including phenoxy) is 1. The maximum absolute atomic E-state index is 13.1. The number of alkyl halides is 3. The minimum absolute atomic E-state index is 0.0733. The van der Waals surface area contributed by atoms with Gasteiger partial charge in [0.1, 0.15) is 6.61 Å². The minimum Gasteiger partial charge on any atom is -0.485 e. The van der Waals surface area contributed by atoms with Crippen LogP contribution in [0.3, 0.4) is 0 Å². The molecule has 3 nitrogen and oxygen atoms in total. The Morgan fingerprint density at radius 2 is 1.96 bits per heavy atom. The number of hydrogen-bond acceptors (Lipinski definition) is 2. The van der Waals surface area contributed by atoms with E-state index in [0.29, 0.717) is 17.8 Å². The van der Waals surface area contributed by atoms with Gasteiger partial charge in [0.15, 0.2) is 11.4 Å². The van der Waals surface area contributed by atoms with Crippen molar-refractivity contribution in [2.24, 2.45) is 0 Å². The van der Waals surface area contributed by atoms with Crippen LogP contribution in [0.4, 0.5) is 13.2 Å². The minimum atomic E-state index is -4.42. The quantitative estimate of drug-likeness (QED) is 0.655. The van der Waals surface area contributed by atoms with E-state index in [2.05, 4.69) is 10.9 Å². The van der Waals surface area contributed by atoms with E-state index >= 15 is 0 Å². The van der Waals surface area contributed by atoms with Crippen LogP contribution in [0, 0.1) is 19.3 Å². The lowest BCUT2D eigenvalue weighted by molar-refractivity contribution is -0.138. The van der Waals surface area contributed by atoms with Crippen LogP contribution < -0.4 is 4.74 Å². The molecule has 128 valence electrons. The molecule has 3 rings (SSSR count). The molecule has 2 aromatic heterocycles. The number of aromatic nitrogens is 2. The van der Waals surface area contributed by atoms with Crippen LogP contribution in [0.1, 0.15) is 22.5 Å². The first-order chi connectivity index (χ1) is 11.9. The Bertz CT molecular complexity index is 951. The van der Waals surface area contributed by atoms with Gasteiger partial charge in [-0.2, -0.15) is 13.2 Å². The fraction of sp³-hybridized carbons (Fsp3) is 0.211. The Balaban J connectivity index is 1.93. The Morgan fingerprint density at radius 1 is 1.20 bits per heavy atom. The van der Waals surface area contributed by atoms with E-state index in [0.717, 1.165) is 17.5 Å². The first kappa shape index (κ1) is 16.9. The van der Waals surface area contributed by atoms with Gasteiger partial charge in [0.25, 0.3) is 0 Å². The number of pyridine rings is 1. The number of aryl methyl sites for hydroxylation is 1. The van der Waals surface area contributed by atoms with Crippen molar-refractivity contribution in [2.75, 3.05) is 0 Å². The number of fused-ring (bicyclic) bond motifs is 1. The van der Waals surface area contributed by atoms with Crippen LogP contribution in [0.2, 0.25) is 0 Å². The molecule has 0 unspecified atom stereocenters. The van der Waals surface area contributed by atoms with E-state index in [-0.39, 0.29) is 12.2 Å². The Hall–Kier alpha value is -2.94. The molecule has 0 bridgehead atoms. The Labute approximate surface area is 143 Å². The summed E-state index contributed by atoms with van der Waals surface area (Å²) in [5.74, 6) is 2.99. The number of halogens is 3. The highest BCUT2D eigenvalue weighted by Crippen LogP contribution is 2.32. The normalized spacial score (nSPS) is 11.5. The number of terminal acetylenes is 1. The van der Waals surface area contributed by atoms with Gasteiger partial charge < -0.3 is 4.74 Å². The highest BCUT2D eigenvalue weighted by atomic mass is 19.4. The van der Waals surface area contributed by atoms with Gasteiger partial charge in [0, 0.05) is 11.8 Å². The summed E-state index contributed by atoms with van der Waals surface area (Å²) >= 11 is 0. The molecule has 0 aliphatic carbocycles. The molecule has 0 atom stereocenters. The summed E-state index contributed by atoms with van der Waals surface area (Å²) in [6, 6.07) is 8.79. The molecule has 0 saturated carbocycles. The van der Waals surface area contributed by atoms with Crippen molar-refractivity contribution in [1.82, 2.24) is 9.38 Å². The average Bonchev–Trinajstić information content (AvgIpc) is 2.89. The molecule has 0 aliphatic heterocycles. The molecule has 25 heavy (non-hydrogen) atoms. The molecule has 0 radical (unpaired) electrons. The number of nitrogens with zero attached hydrogens (tertiary/aromatic N) is 2. The van der Waals surface area contributed by atoms with Gasteiger partial charge in [0.05, 0.1) is 23.4 Å². The lowest BCUT2D eigenvalue weighted by Gasteiger charge is -2.13. The fourth-order valence-corrected chi connectivity index (χ4v) is 2.71. The zero-order chi connectivity index (χ0) is 18.0. The predicted octanol–water partition coefficient (Wildman–Crippen LogP) is 4.42. The second-order valence-electron chi connectivity index (χ2n) is 5.53. The van der Waals surface area contributed by atoms with E-state index in [1.807, 2.05) is 6.92 Å². The van der Waals surface area contributed by atoms with Crippen molar-refractivity contribution in [2.45, 2.75) is 26.1 Å². The molecule has 1 aromatic carbocycles. The van der Waals surface area contributed by atoms with E-state index in [4.69, 9.17) is 11.2 Å². The highest BCUT2D eigenvalue weighted by molar-refractivity contribution is 5.56. The van der Waals surface area contributed by atoms with Gasteiger partial charge in [-0.15, -0.1) is 12.3 Å². The molecule has 0 N–H and O–H groups in total. The van der Waals surface area contributed by atoms with E-state index < -0.39 is 11.7 Å². The number of rotatable bonds is 4. The van der Waals surface area contributed by atoms with Gasteiger partial charge in [-0.25, -0.2) is 4.98 Å². The third kappa shape index (κ3) is 3.31. The van der Waals surface area contributed by atoms with Crippen LogP contribution in [0.15, 0.2) is 42.6 Å². The summed E-state index contributed by atoms with van der Waals surface area (Å²) in [6.07, 6.45) is 3.17. The first-order valence-electron chi connectivity index (χ1n) is 7.59. The molecule has 6 heteroatoms. The van der Waals surface area contributed by atoms with Crippen LogP contribution in [0.5, 0.6) is 5.75 Å². The molecular formula is C19H15F3N2O. The lowest BCUT2D eigenvalue weighted by atomic mass is 10.1. The Kier molecular flexibility index (Phi) is 4.41. The van der Waals surface area contributed by atoms with Crippen LogP contribution in [-0.4, -0.2) is 9.38 Å². The SMILES string of the molecule is C#CCc1c(C)nc2c(OCc3ccccc3C(F)(F)F)cccn12. The first-order valence-corrected chi connectivity index (χ1v) is 7.59. The summed E-state index contributed by atoms with van der Waals surface area (Å²) in [4.78, 5) is 4.44. The van der Waals surface area contributed by atoms with Gasteiger partial charge in [-0.3, -0.25) is 4.40 Å². The van der Waals surface area contributed by atoms with Gasteiger partial charge in [-0.05, 0) is 25.1 Å². The molecule has 0 saturated heterocycles. The summed E-state index contributed by atoms with van der Waals surface area (Å²) in [6.45, 7) is 1.63. The second-order valence-corrected chi connectivity index (χ2v) is 5.53. The topological polar surface area (TPSA) is 26.5 Å². The largest absolute Gasteiger partial charge is 0.485 e. The predicted molar refractivity (Wildman–Crippen MR) is 88.2 cm³/mol. The van der Waals surface area contributed by atoms with Crippen molar-refractivity contribution >= 4 is 5.65 Å². The number of benzene rings is 1. The van der Waals surface area contributed by atoms with Crippen molar-refractivity contribution in [1.29, 1.82) is 0 Å². The average molecular weight is 344 g/mol. The van der Waals surface area contributed by atoms with Gasteiger partial charge in [-0.1, -0.05) is 18.2 Å².